The van der Waals surface area contributed by atoms with Crippen molar-refractivity contribution in [1.29, 1.82) is 0 Å². The highest BCUT2D eigenvalue weighted by Crippen LogP contribution is 2.21. The van der Waals surface area contributed by atoms with Gasteiger partial charge in [0.15, 0.2) is 5.69 Å². The van der Waals surface area contributed by atoms with E-state index in [1.165, 1.54) is 0 Å². The van der Waals surface area contributed by atoms with Crippen LogP contribution in [0, 0.1) is 6.92 Å². The van der Waals surface area contributed by atoms with Gasteiger partial charge in [-0.15, -0.1) is 5.10 Å². The molecule has 0 aliphatic carbocycles. The van der Waals surface area contributed by atoms with Crippen LogP contribution in [-0.4, -0.2) is 75.1 Å². The number of aromatic nitrogens is 3. The Labute approximate surface area is 145 Å². The number of piperazine rings is 1. The lowest BCUT2D eigenvalue weighted by molar-refractivity contribution is 0.0608. The molecule has 2 aromatic rings. The van der Waals surface area contributed by atoms with Crippen LogP contribution < -0.4 is 0 Å². The number of nitrogens with zero attached hydrogens (tertiary/aromatic N) is 5. The average Bonchev–Trinajstić information content (AvgIpc) is 2.97. The number of hydrogen-bond donors (Lipinski definition) is 1. The predicted octanol–water partition coefficient (Wildman–Crippen LogP) is 0.979. The van der Waals surface area contributed by atoms with Gasteiger partial charge in [-0.25, -0.2) is 4.68 Å². The smallest absolute Gasteiger partial charge is 0.276 e. The molecule has 0 unspecified atom stereocenters. The van der Waals surface area contributed by atoms with Gasteiger partial charge < -0.3 is 10.0 Å². The molecule has 3 rings (SSSR count). The van der Waals surface area contributed by atoms with E-state index in [9.17, 15) is 4.79 Å². The Morgan fingerprint density at radius 1 is 1.25 bits per heavy atom. The summed E-state index contributed by atoms with van der Waals surface area (Å²) >= 11 is 6.20. The highest BCUT2D eigenvalue weighted by molar-refractivity contribution is 6.32. The Bertz CT molecular complexity index is 725. The normalized spacial score (nSPS) is 15.7. The van der Waals surface area contributed by atoms with E-state index in [2.05, 4.69) is 15.2 Å². The summed E-state index contributed by atoms with van der Waals surface area (Å²) < 4.78 is 1.59. The fourth-order valence-corrected chi connectivity index (χ4v) is 3.06. The van der Waals surface area contributed by atoms with E-state index in [0.717, 1.165) is 13.1 Å². The Hall–Kier alpha value is -1.96. The minimum absolute atomic E-state index is 0.116. The zero-order valence-corrected chi connectivity index (χ0v) is 14.3. The molecule has 1 aromatic heterocycles. The molecule has 24 heavy (non-hydrogen) atoms. The van der Waals surface area contributed by atoms with Crippen molar-refractivity contribution in [2.24, 2.45) is 0 Å². The van der Waals surface area contributed by atoms with Gasteiger partial charge >= 0.3 is 0 Å². The minimum Gasteiger partial charge on any atom is -0.395 e. The number of halogens is 1. The maximum atomic E-state index is 12.7. The second-order valence-corrected chi connectivity index (χ2v) is 6.15. The zero-order chi connectivity index (χ0) is 17.1. The van der Waals surface area contributed by atoms with Crippen molar-refractivity contribution >= 4 is 17.5 Å². The van der Waals surface area contributed by atoms with Crippen LogP contribution in [0.4, 0.5) is 0 Å². The van der Waals surface area contributed by atoms with Crippen LogP contribution in [-0.2, 0) is 0 Å². The molecule has 1 fully saturated rings. The molecule has 128 valence electrons. The van der Waals surface area contributed by atoms with E-state index in [4.69, 9.17) is 16.7 Å². The van der Waals surface area contributed by atoms with Crippen LogP contribution in [0.25, 0.3) is 5.69 Å². The summed E-state index contributed by atoms with van der Waals surface area (Å²) in [5.74, 6) is -0.116. The number of carbonyl (C=O) groups excluding carboxylic acids is 1. The van der Waals surface area contributed by atoms with Gasteiger partial charge in [0.2, 0.25) is 0 Å². The molecule has 1 saturated heterocycles. The first kappa shape index (κ1) is 16.9. The number of β-amino-alcohol motifs (C(OH)–C–C–N with tert-alkyl or cyclic N) is 1. The van der Waals surface area contributed by atoms with Crippen LogP contribution in [0.15, 0.2) is 24.3 Å². The first-order chi connectivity index (χ1) is 11.6. The zero-order valence-electron chi connectivity index (χ0n) is 13.5. The summed E-state index contributed by atoms with van der Waals surface area (Å²) in [6.07, 6.45) is 0. The summed E-state index contributed by atoms with van der Waals surface area (Å²) in [5, 5.41) is 17.7. The highest BCUT2D eigenvalue weighted by atomic mass is 35.5. The molecule has 1 aliphatic rings. The number of rotatable bonds is 4. The molecule has 0 radical (unpaired) electrons. The van der Waals surface area contributed by atoms with Crippen molar-refractivity contribution in [3.8, 4) is 5.69 Å². The molecule has 0 spiro atoms. The fraction of sp³-hybridized carbons (Fsp3) is 0.438. The lowest BCUT2D eigenvalue weighted by Crippen LogP contribution is -2.49. The van der Waals surface area contributed by atoms with Crippen LogP contribution in [0.1, 0.15) is 16.2 Å². The van der Waals surface area contributed by atoms with Gasteiger partial charge in [0.05, 0.1) is 23.0 Å². The molecule has 1 N–H and O–H groups in total. The number of aliphatic hydroxyl groups is 1. The third-order valence-electron chi connectivity index (χ3n) is 4.25. The number of carbonyl (C=O) groups is 1. The van der Waals surface area contributed by atoms with Gasteiger partial charge in [0.1, 0.15) is 0 Å². The molecule has 0 bridgehead atoms. The fourth-order valence-electron chi connectivity index (χ4n) is 2.84. The van der Waals surface area contributed by atoms with E-state index < -0.39 is 0 Å². The van der Waals surface area contributed by atoms with E-state index in [1.54, 1.807) is 15.6 Å². The molecule has 0 atom stereocenters. The second-order valence-electron chi connectivity index (χ2n) is 5.74. The number of hydrogen-bond acceptors (Lipinski definition) is 5. The Kier molecular flexibility index (Phi) is 5.13. The summed E-state index contributed by atoms with van der Waals surface area (Å²) in [4.78, 5) is 16.6. The monoisotopic (exact) mass is 349 g/mol. The van der Waals surface area contributed by atoms with Crippen LogP contribution in [0.5, 0.6) is 0 Å². The van der Waals surface area contributed by atoms with Crippen molar-refractivity contribution in [3.63, 3.8) is 0 Å². The topological polar surface area (TPSA) is 74.5 Å². The average molecular weight is 350 g/mol. The standard InChI is InChI=1S/C16H20ClN5O2/c1-12-15(16(24)21-8-6-20(7-9-21)10-11-23)18-19-22(12)14-5-3-2-4-13(14)17/h2-5,23H,6-11H2,1H3. The van der Waals surface area contributed by atoms with E-state index in [0.29, 0.717) is 41.7 Å². The minimum atomic E-state index is -0.116. The molecular formula is C16H20ClN5O2. The lowest BCUT2D eigenvalue weighted by Gasteiger charge is -2.34. The van der Waals surface area contributed by atoms with Gasteiger partial charge in [-0.2, -0.15) is 0 Å². The lowest BCUT2D eigenvalue weighted by atomic mass is 10.2. The van der Waals surface area contributed by atoms with Crippen molar-refractivity contribution in [3.05, 3.63) is 40.7 Å². The van der Waals surface area contributed by atoms with Gasteiger partial charge in [0.25, 0.3) is 5.91 Å². The Balaban J connectivity index is 1.77. The van der Waals surface area contributed by atoms with Crippen molar-refractivity contribution in [1.82, 2.24) is 24.8 Å². The van der Waals surface area contributed by atoms with Gasteiger partial charge in [0, 0.05) is 32.7 Å². The summed E-state index contributed by atoms with van der Waals surface area (Å²) in [5.41, 5.74) is 1.73. The Morgan fingerprint density at radius 3 is 2.62 bits per heavy atom. The summed E-state index contributed by atoms with van der Waals surface area (Å²) in [6.45, 7) is 5.35. The molecule has 1 aliphatic heterocycles. The molecule has 7 nitrogen and oxygen atoms in total. The molecule has 1 aromatic carbocycles. The molecule has 0 saturated carbocycles. The van der Waals surface area contributed by atoms with Crippen LogP contribution in [0.2, 0.25) is 5.02 Å². The second kappa shape index (κ2) is 7.29. The Morgan fingerprint density at radius 2 is 1.96 bits per heavy atom. The van der Waals surface area contributed by atoms with E-state index in [1.807, 2.05) is 25.1 Å². The van der Waals surface area contributed by atoms with Crippen molar-refractivity contribution < 1.29 is 9.90 Å². The molecule has 2 heterocycles. The maximum Gasteiger partial charge on any atom is 0.276 e. The SMILES string of the molecule is Cc1c(C(=O)N2CCN(CCO)CC2)nnn1-c1ccccc1Cl. The quantitative estimate of drug-likeness (QED) is 0.890. The van der Waals surface area contributed by atoms with E-state index >= 15 is 0 Å². The summed E-state index contributed by atoms with van der Waals surface area (Å²) in [6, 6.07) is 7.33. The van der Waals surface area contributed by atoms with Crippen LogP contribution >= 0.6 is 11.6 Å². The van der Waals surface area contributed by atoms with Crippen molar-refractivity contribution in [2.45, 2.75) is 6.92 Å². The van der Waals surface area contributed by atoms with Gasteiger partial charge in [-0.05, 0) is 19.1 Å². The number of benzene rings is 1. The first-order valence-corrected chi connectivity index (χ1v) is 8.29. The maximum absolute atomic E-state index is 12.7. The van der Waals surface area contributed by atoms with Gasteiger partial charge in [-0.1, -0.05) is 28.9 Å². The first-order valence-electron chi connectivity index (χ1n) is 7.91. The largest absolute Gasteiger partial charge is 0.395 e. The van der Waals surface area contributed by atoms with Crippen LogP contribution in [0.3, 0.4) is 0 Å². The number of amides is 1. The third kappa shape index (κ3) is 3.28. The van der Waals surface area contributed by atoms with Crippen molar-refractivity contribution in [2.75, 3.05) is 39.3 Å². The molecule has 8 heteroatoms. The third-order valence-corrected chi connectivity index (χ3v) is 4.57. The molecular weight excluding hydrogens is 330 g/mol. The molecule has 1 amide bonds. The van der Waals surface area contributed by atoms with Gasteiger partial charge in [-0.3, -0.25) is 9.69 Å². The number of aliphatic hydroxyl groups excluding tert-OH is 1. The predicted molar refractivity (Wildman–Crippen MR) is 90.5 cm³/mol. The number of para-hydroxylation sites is 1. The summed E-state index contributed by atoms with van der Waals surface area (Å²) in [7, 11) is 0. The highest BCUT2D eigenvalue weighted by Gasteiger charge is 2.26. The van der Waals surface area contributed by atoms with E-state index in [-0.39, 0.29) is 12.5 Å².